The van der Waals surface area contributed by atoms with Gasteiger partial charge >= 0.3 is 0 Å². The van der Waals surface area contributed by atoms with Crippen LogP contribution in [0.3, 0.4) is 0 Å². The van der Waals surface area contributed by atoms with Crippen molar-refractivity contribution in [3.63, 3.8) is 0 Å². The Morgan fingerprint density at radius 3 is 2.58 bits per heavy atom. The molecular weight excluding hydrogens is 460 g/mol. The summed E-state index contributed by atoms with van der Waals surface area (Å²) in [4.78, 5) is 44.5. The predicted octanol–water partition coefficient (Wildman–Crippen LogP) is 3.55. The molecule has 1 aromatic heterocycles. The van der Waals surface area contributed by atoms with Gasteiger partial charge in [0.05, 0.1) is 21.8 Å². The number of thioether (sulfide) groups is 1. The molecule has 1 saturated heterocycles. The van der Waals surface area contributed by atoms with Crippen LogP contribution in [-0.2, 0) is 9.59 Å². The van der Waals surface area contributed by atoms with E-state index in [1.54, 1.807) is 27.7 Å². The summed E-state index contributed by atoms with van der Waals surface area (Å²) in [6, 6.07) is 12.6. The van der Waals surface area contributed by atoms with E-state index in [4.69, 9.17) is 22.3 Å². The Balaban J connectivity index is 1.69. The molecule has 1 unspecified atom stereocenters. The molecule has 4 rings (SSSR count). The van der Waals surface area contributed by atoms with Crippen LogP contribution >= 0.6 is 23.4 Å². The van der Waals surface area contributed by atoms with Crippen molar-refractivity contribution >= 4 is 46.1 Å². The number of carbonyl (C=O) groups is 2. The van der Waals surface area contributed by atoms with Crippen molar-refractivity contribution in [2.75, 3.05) is 13.1 Å². The van der Waals surface area contributed by atoms with Crippen molar-refractivity contribution in [1.82, 2.24) is 14.5 Å². The van der Waals surface area contributed by atoms with Gasteiger partial charge in [0.15, 0.2) is 5.16 Å². The smallest absolute Gasteiger partial charge is 0.266 e. The Labute approximate surface area is 200 Å². The second-order valence-electron chi connectivity index (χ2n) is 8.30. The SMILES string of the molecule is Cc1cccc(-n2c(SC(C)C(=O)N3CCC(C(N)=O)CC3)nc3cc(Cl)ccc3c2=O)c1. The Bertz CT molecular complexity index is 1280. The second kappa shape index (κ2) is 9.57. The maximum atomic E-state index is 13.5. The zero-order chi connectivity index (χ0) is 23.7. The average Bonchev–Trinajstić information content (AvgIpc) is 2.78. The average molecular weight is 485 g/mol. The van der Waals surface area contributed by atoms with E-state index >= 15 is 0 Å². The van der Waals surface area contributed by atoms with Crippen molar-refractivity contribution in [2.45, 2.75) is 37.1 Å². The van der Waals surface area contributed by atoms with Gasteiger partial charge in [-0.1, -0.05) is 35.5 Å². The quantitative estimate of drug-likeness (QED) is 0.441. The van der Waals surface area contributed by atoms with E-state index in [2.05, 4.69) is 0 Å². The molecule has 1 aliphatic rings. The third kappa shape index (κ3) is 4.91. The lowest BCUT2D eigenvalue weighted by molar-refractivity contribution is -0.134. The van der Waals surface area contributed by atoms with Gasteiger partial charge in [-0.25, -0.2) is 4.98 Å². The zero-order valence-corrected chi connectivity index (χ0v) is 20.0. The molecule has 2 amide bonds. The Morgan fingerprint density at radius 1 is 1.18 bits per heavy atom. The highest BCUT2D eigenvalue weighted by Gasteiger charge is 2.29. The monoisotopic (exact) mass is 484 g/mol. The molecular formula is C24H25ClN4O3S. The number of aryl methyl sites for hydroxylation is 1. The van der Waals surface area contributed by atoms with Crippen molar-refractivity contribution < 1.29 is 9.59 Å². The molecule has 2 N–H and O–H groups in total. The van der Waals surface area contributed by atoms with Crippen LogP contribution in [0.4, 0.5) is 0 Å². The third-order valence-electron chi connectivity index (χ3n) is 5.90. The van der Waals surface area contributed by atoms with E-state index < -0.39 is 5.25 Å². The number of benzene rings is 2. The number of primary amides is 1. The number of hydrogen-bond acceptors (Lipinski definition) is 5. The first kappa shape index (κ1) is 23.3. The van der Waals surface area contributed by atoms with E-state index in [0.717, 1.165) is 5.56 Å². The third-order valence-corrected chi connectivity index (χ3v) is 7.17. The van der Waals surface area contributed by atoms with Gasteiger partial charge in [0.25, 0.3) is 5.56 Å². The van der Waals surface area contributed by atoms with Crippen molar-refractivity contribution in [3.8, 4) is 5.69 Å². The number of nitrogens with zero attached hydrogens (tertiary/aromatic N) is 3. The maximum Gasteiger partial charge on any atom is 0.266 e. The molecule has 3 aromatic rings. The van der Waals surface area contributed by atoms with Crippen LogP contribution in [0.25, 0.3) is 16.6 Å². The maximum absolute atomic E-state index is 13.5. The number of amides is 2. The Morgan fingerprint density at radius 2 is 1.91 bits per heavy atom. The number of aromatic nitrogens is 2. The van der Waals surface area contributed by atoms with Gasteiger partial charge in [-0.05, 0) is 62.6 Å². The van der Waals surface area contributed by atoms with Gasteiger partial charge in [-0.2, -0.15) is 0 Å². The van der Waals surface area contributed by atoms with Crippen molar-refractivity contribution in [1.29, 1.82) is 0 Å². The van der Waals surface area contributed by atoms with E-state index in [0.29, 0.717) is 52.7 Å². The Hall–Kier alpha value is -2.84. The summed E-state index contributed by atoms with van der Waals surface area (Å²) in [5.74, 6) is -0.555. The topological polar surface area (TPSA) is 98.3 Å². The first-order chi connectivity index (χ1) is 15.7. The first-order valence-corrected chi connectivity index (χ1v) is 12.0. The Kier molecular flexibility index (Phi) is 6.76. The van der Waals surface area contributed by atoms with Crippen LogP contribution in [0, 0.1) is 12.8 Å². The standard InChI is InChI=1S/C24H25ClN4O3S/c1-14-4-3-5-18(12-14)29-23(32)19-7-6-17(25)13-20(19)27-24(29)33-15(2)22(31)28-10-8-16(9-11-28)21(26)30/h3-7,12-13,15-16H,8-11H2,1-2H3,(H2,26,30). The van der Waals surface area contributed by atoms with E-state index in [9.17, 15) is 14.4 Å². The van der Waals surface area contributed by atoms with Crippen LogP contribution in [0.5, 0.6) is 0 Å². The summed E-state index contributed by atoms with van der Waals surface area (Å²) in [6.07, 6.45) is 1.14. The van der Waals surface area contributed by atoms with Gasteiger partial charge in [-0.3, -0.25) is 19.0 Å². The second-order valence-corrected chi connectivity index (χ2v) is 10.0. The normalized spacial score (nSPS) is 15.5. The summed E-state index contributed by atoms with van der Waals surface area (Å²) in [5, 5.41) is 0.890. The van der Waals surface area contributed by atoms with Gasteiger partial charge in [0.2, 0.25) is 11.8 Å². The minimum absolute atomic E-state index is 0.0563. The van der Waals surface area contributed by atoms with Gasteiger partial charge in [0, 0.05) is 24.0 Å². The lowest BCUT2D eigenvalue weighted by atomic mass is 9.96. The van der Waals surface area contributed by atoms with Crippen LogP contribution < -0.4 is 11.3 Å². The van der Waals surface area contributed by atoms with Crippen LogP contribution in [0.2, 0.25) is 5.02 Å². The zero-order valence-electron chi connectivity index (χ0n) is 18.5. The molecule has 0 aliphatic carbocycles. The fraction of sp³-hybridized carbons (Fsp3) is 0.333. The van der Waals surface area contributed by atoms with Crippen molar-refractivity contribution in [3.05, 3.63) is 63.4 Å². The molecule has 2 heterocycles. The van der Waals surface area contributed by atoms with Crippen LogP contribution in [-0.4, -0.2) is 44.6 Å². The fourth-order valence-electron chi connectivity index (χ4n) is 4.06. The number of likely N-dealkylation sites (tertiary alicyclic amines) is 1. The summed E-state index contributed by atoms with van der Waals surface area (Å²) < 4.78 is 1.55. The summed E-state index contributed by atoms with van der Waals surface area (Å²) in [5.41, 5.74) is 7.37. The molecule has 0 radical (unpaired) electrons. The van der Waals surface area contributed by atoms with Crippen molar-refractivity contribution in [2.24, 2.45) is 11.7 Å². The molecule has 1 aliphatic heterocycles. The number of hydrogen-bond donors (Lipinski definition) is 1. The van der Waals surface area contributed by atoms with E-state index in [1.807, 2.05) is 38.1 Å². The predicted molar refractivity (Wildman–Crippen MR) is 131 cm³/mol. The minimum atomic E-state index is -0.477. The van der Waals surface area contributed by atoms with Gasteiger partial charge < -0.3 is 10.6 Å². The molecule has 1 atom stereocenters. The van der Waals surface area contributed by atoms with Gasteiger partial charge in [-0.15, -0.1) is 0 Å². The molecule has 1 fully saturated rings. The molecule has 7 nitrogen and oxygen atoms in total. The first-order valence-electron chi connectivity index (χ1n) is 10.8. The molecule has 33 heavy (non-hydrogen) atoms. The minimum Gasteiger partial charge on any atom is -0.369 e. The highest BCUT2D eigenvalue weighted by molar-refractivity contribution is 8.00. The molecule has 0 spiro atoms. The highest BCUT2D eigenvalue weighted by atomic mass is 35.5. The molecule has 172 valence electrons. The lowest BCUT2D eigenvalue weighted by Crippen LogP contribution is -2.44. The largest absolute Gasteiger partial charge is 0.369 e. The van der Waals surface area contributed by atoms with Crippen LogP contribution in [0.15, 0.2) is 52.4 Å². The molecule has 9 heteroatoms. The van der Waals surface area contributed by atoms with Crippen LogP contribution in [0.1, 0.15) is 25.3 Å². The summed E-state index contributed by atoms with van der Waals surface area (Å²) >= 11 is 7.38. The summed E-state index contributed by atoms with van der Waals surface area (Å²) in [7, 11) is 0. The summed E-state index contributed by atoms with van der Waals surface area (Å²) in [6.45, 7) is 4.74. The molecule has 0 bridgehead atoms. The number of rotatable bonds is 5. The van der Waals surface area contributed by atoms with E-state index in [1.165, 1.54) is 11.8 Å². The highest BCUT2D eigenvalue weighted by Crippen LogP contribution is 2.28. The van der Waals surface area contributed by atoms with E-state index in [-0.39, 0.29) is 23.3 Å². The molecule has 0 saturated carbocycles. The lowest BCUT2D eigenvalue weighted by Gasteiger charge is -2.32. The van der Waals surface area contributed by atoms with Gasteiger partial charge in [0.1, 0.15) is 0 Å². The number of nitrogens with two attached hydrogens (primary N) is 1. The number of carbonyl (C=O) groups excluding carboxylic acids is 2. The fourth-order valence-corrected chi connectivity index (χ4v) is 5.24. The number of piperidine rings is 1. The number of halogens is 1. The molecule has 2 aromatic carbocycles. The number of fused-ring (bicyclic) bond motifs is 1.